The largest absolute Gasteiger partial charge is 0.548 e. The molecule has 4 heteroatoms. The number of fused-ring (bicyclic) bond motifs is 3. The third-order valence-corrected chi connectivity index (χ3v) is 4.50. The van der Waals surface area contributed by atoms with Gasteiger partial charge in [-0.2, -0.15) is 0 Å². The van der Waals surface area contributed by atoms with Crippen molar-refractivity contribution >= 4 is 34.2 Å². The summed E-state index contributed by atoms with van der Waals surface area (Å²) in [5.74, 6) is -0.705. The van der Waals surface area contributed by atoms with E-state index in [2.05, 4.69) is 46.1 Å². The van der Waals surface area contributed by atoms with E-state index in [0.717, 1.165) is 15.7 Å². The third-order valence-electron chi connectivity index (χ3n) is 3.60. The summed E-state index contributed by atoms with van der Waals surface area (Å²) in [6.07, 6.45) is 5.00. The van der Waals surface area contributed by atoms with Crippen LogP contribution in [0, 0.1) is 9.49 Å². The van der Waals surface area contributed by atoms with Crippen LogP contribution in [0.3, 0.4) is 0 Å². The van der Waals surface area contributed by atoms with Crippen molar-refractivity contribution < 1.29 is 9.90 Å². The van der Waals surface area contributed by atoms with Crippen LogP contribution in [0.2, 0.25) is 0 Å². The first-order valence-corrected chi connectivity index (χ1v) is 6.69. The molecule has 0 unspecified atom stereocenters. The molecule has 3 atom stereocenters. The van der Waals surface area contributed by atoms with E-state index in [1.165, 1.54) is 5.56 Å². The lowest BCUT2D eigenvalue weighted by Crippen LogP contribution is -2.49. The maximum atomic E-state index is 11.2. The highest BCUT2D eigenvalue weighted by molar-refractivity contribution is 14.1. The Kier molecular flexibility index (Phi) is 2.61. The predicted octanol–water partition coefficient (Wildman–Crippen LogP) is 1.49. The van der Waals surface area contributed by atoms with Crippen LogP contribution in [0.5, 0.6) is 0 Å². The van der Waals surface area contributed by atoms with Gasteiger partial charge in [-0.25, -0.2) is 0 Å². The maximum absolute atomic E-state index is 11.2. The molecule has 0 aromatic heterocycles. The summed E-state index contributed by atoms with van der Waals surface area (Å²) in [5, 5.41) is 14.3. The highest BCUT2D eigenvalue weighted by Gasteiger charge is 2.38. The fourth-order valence-electron chi connectivity index (χ4n) is 2.82. The normalized spacial score (nSPS) is 29.4. The van der Waals surface area contributed by atoms with Crippen LogP contribution < -0.4 is 10.4 Å². The maximum Gasteiger partial charge on any atom is 0.0698 e. The van der Waals surface area contributed by atoms with E-state index in [1.54, 1.807) is 0 Å². The molecule has 1 aliphatic heterocycles. The highest BCUT2D eigenvalue weighted by atomic mass is 127. The summed E-state index contributed by atoms with van der Waals surface area (Å²) in [4.78, 5) is 11.2. The molecular formula is C13H11INO2-. The summed E-state index contributed by atoms with van der Waals surface area (Å²) < 4.78 is 1.06. The lowest BCUT2D eigenvalue weighted by Gasteiger charge is -2.38. The molecule has 0 saturated carbocycles. The molecule has 0 bridgehead atoms. The summed E-state index contributed by atoms with van der Waals surface area (Å²) in [6, 6.07) is 5.49. The van der Waals surface area contributed by atoms with Gasteiger partial charge in [0.2, 0.25) is 0 Å². The molecule has 1 aliphatic carbocycles. The van der Waals surface area contributed by atoms with E-state index in [9.17, 15) is 9.90 Å². The molecule has 2 aliphatic rings. The number of carbonyl (C=O) groups is 1. The van der Waals surface area contributed by atoms with Gasteiger partial charge < -0.3 is 15.2 Å². The zero-order valence-corrected chi connectivity index (χ0v) is 11.2. The van der Waals surface area contributed by atoms with E-state index in [0.29, 0.717) is 0 Å². The van der Waals surface area contributed by atoms with Gasteiger partial charge in [-0.05, 0) is 46.6 Å². The van der Waals surface area contributed by atoms with Crippen LogP contribution in [0.1, 0.15) is 17.9 Å². The topological polar surface area (TPSA) is 52.2 Å². The Labute approximate surface area is 113 Å². The van der Waals surface area contributed by atoms with E-state index in [-0.39, 0.29) is 11.8 Å². The minimum Gasteiger partial charge on any atom is -0.548 e. The van der Waals surface area contributed by atoms with Crippen molar-refractivity contribution in [3.8, 4) is 0 Å². The first-order chi connectivity index (χ1) is 8.18. The minimum absolute atomic E-state index is 0.0886. The summed E-state index contributed by atoms with van der Waals surface area (Å²) in [6.45, 7) is 0. The number of halogens is 1. The monoisotopic (exact) mass is 340 g/mol. The second-order valence-electron chi connectivity index (χ2n) is 4.50. The molecule has 0 fully saturated rings. The molecule has 1 heterocycles. The number of carbonyl (C=O) groups excluding carboxylic acids is 1. The molecule has 3 rings (SSSR count). The van der Waals surface area contributed by atoms with Crippen LogP contribution in [-0.4, -0.2) is 12.0 Å². The van der Waals surface area contributed by atoms with Crippen molar-refractivity contribution in [1.82, 2.24) is 0 Å². The average molecular weight is 340 g/mol. The Morgan fingerprint density at radius 2 is 2.29 bits per heavy atom. The van der Waals surface area contributed by atoms with Crippen molar-refractivity contribution in [3.63, 3.8) is 0 Å². The van der Waals surface area contributed by atoms with E-state index in [1.807, 2.05) is 12.1 Å². The van der Waals surface area contributed by atoms with Crippen LogP contribution >= 0.6 is 22.6 Å². The van der Waals surface area contributed by atoms with Crippen molar-refractivity contribution in [1.29, 1.82) is 0 Å². The Morgan fingerprint density at radius 3 is 3.06 bits per heavy atom. The van der Waals surface area contributed by atoms with Crippen molar-refractivity contribution in [3.05, 3.63) is 39.5 Å². The molecule has 0 saturated heterocycles. The molecule has 1 aromatic rings. The van der Waals surface area contributed by atoms with Crippen LogP contribution in [0.4, 0.5) is 5.69 Å². The Morgan fingerprint density at radius 1 is 1.47 bits per heavy atom. The van der Waals surface area contributed by atoms with Gasteiger partial charge >= 0.3 is 0 Å². The number of rotatable bonds is 1. The molecule has 0 amide bonds. The summed E-state index contributed by atoms with van der Waals surface area (Å²) in [5.41, 5.74) is 2.16. The minimum atomic E-state index is -1.01. The summed E-state index contributed by atoms with van der Waals surface area (Å²) >= 11 is 2.23. The number of hydrogen-bond acceptors (Lipinski definition) is 3. The third kappa shape index (κ3) is 1.66. The molecule has 0 spiro atoms. The molecular weight excluding hydrogens is 329 g/mol. The van der Waals surface area contributed by atoms with Crippen molar-refractivity contribution in [2.45, 2.75) is 18.4 Å². The van der Waals surface area contributed by atoms with Crippen LogP contribution in [0.25, 0.3) is 0 Å². The van der Waals surface area contributed by atoms with Gasteiger partial charge in [0.15, 0.2) is 0 Å². The Balaban J connectivity index is 2.12. The fraction of sp³-hybridized carbons (Fsp3) is 0.308. The molecule has 0 radical (unpaired) electrons. The Bertz CT molecular complexity index is 512. The SMILES string of the molecule is O=C([O-])[C@H]1Nc2c(I)cccc2[C@H]2C=CC[C@@H]12. The smallest absolute Gasteiger partial charge is 0.0698 e. The number of benzene rings is 1. The second kappa shape index (κ2) is 4.01. The average Bonchev–Trinajstić information content (AvgIpc) is 2.77. The van der Waals surface area contributed by atoms with Crippen molar-refractivity contribution in [2.24, 2.45) is 5.92 Å². The van der Waals surface area contributed by atoms with Gasteiger partial charge in [-0.1, -0.05) is 24.3 Å². The number of carboxylic acid groups (broad SMARTS) is 1. The van der Waals surface area contributed by atoms with Gasteiger partial charge in [-0.3, -0.25) is 0 Å². The van der Waals surface area contributed by atoms with Gasteiger partial charge in [-0.15, -0.1) is 0 Å². The quantitative estimate of drug-likeness (QED) is 0.623. The first kappa shape index (κ1) is 11.1. The second-order valence-corrected chi connectivity index (χ2v) is 5.66. The molecule has 17 heavy (non-hydrogen) atoms. The standard InChI is InChI=1S/C13H12INO2/c14-10-6-2-5-8-7-3-1-4-9(7)12(13(16)17)15-11(8)10/h1-3,5-7,9,12,15H,4H2,(H,16,17)/p-1/t7-,9-,12+/m1/s1. The number of hydrogen-bond donors (Lipinski definition) is 1. The van der Waals surface area contributed by atoms with E-state index < -0.39 is 12.0 Å². The predicted molar refractivity (Wildman–Crippen MR) is 71.6 cm³/mol. The zero-order valence-electron chi connectivity index (χ0n) is 9.02. The molecule has 1 aromatic carbocycles. The number of carboxylic acids is 1. The number of nitrogens with one attached hydrogen (secondary N) is 1. The molecule has 1 N–H and O–H groups in total. The van der Waals surface area contributed by atoms with E-state index in [4.69, 9.17) is 0 Å². The lowest BCUT2D eigenvalue weighted by atomic mass is 9.79. The van der Waals surface area contributed by atoms with Gasteiger partial charge in [0, 0.05) is 9.49 Å². The zero-order chi connectivity index (χ0) is 12.0. The Hall–Kier alpha value is -1.04. The number of allylic oxidation sites excluding steroid dienone is 2. The highest BCUT2D eigenvalue weighted by Crippen LogP contribution is 2.45. The summed E-state index contributed by atoms with van der Waals surface area (Å²) in [7, 11) is 0. The van der Waals surface area contributed by atoms with Gasteiger partial charge in [0.05, 0.1) is 17.7 Å². The number of aliphatic carboxylic acids is 1. The number of para-hydroxylation sites is 1. The van der Waals surface area contributed by atoms with Crippen LogP contribution in [-0.2, 0) is 4.79 Å². The van der Waals surface area contributed by atoms with Gasteiger partial charge in [0.25, 0.3) is 0 Å². The molecule has 88 valence electrons. The van der Waals surface area contributed by atoms with Crippen molar-refractivity contribution in [2.75, 3.05) is 5.32 Å². The van der Waals surface area contributed by atoms with Crippen LogP contribution in [0.15, 0.2) is 30.4 Å². The van der Waals surface area contributed by atoms with Gasteiger partial charge in [0.1, 0.15) is 0 Å². The lowest BCUT2D eigenvalue weighted by molar-refractivity contribution is -0.308. The molecule has 3 nitrogen and oxygen atoms in total. The first-order valence-electron chi connectivity index (χ1n) is 5.61. The van der Waals surface area contributed by atoms with E-state index >= 15 is 0 Å². The number of anilines is 1. The fourth-order valence-corrected chi connectivity index (χ4v) is 3.49.